The van der Waals surface area contributed by atoms with E-state index in [1.54, 1.807) is 0 Å². The lowest BCUT2D eigenvalue weighted by Crippen LogP contribution is -2.43. The highest BCUT2D eigenvalue weighted by Gasteiger charge is 2.24. The smallest absolute Gasteiger partial charge is 0.167 e. The van der Waals surface area contributed by atoms with Gasteiger partial charge in [-0.15, -0.1) is 0 Å². The second-order valence-electron chi connectivity index (χ2n) is 6.46. The molecule has 0 aliphatic heterocycles. The van der Waals surface area contributed by atoms with Gasteiger partial charge in [0, 0.05) is 18.3 Å². The van der Waals surface area contributed by atoms with Crippen molar-refractivity contribution in [1.29, 1.82) is 0 Å². The molecule has 1 fully saturated rings. The van der Waals surface area contributed by atoms with E-state index in [1.807, 2.05) is 0 Å². The van der Waals surface area contributed by atoms with E-state index >= 15 is 0 Å². The first-order valence-corrected chi connectivity index (χ1v) is 8.55. The van der Waals surface area contributed by atoms with Crippen molar-refractivity contribution < 1.29 is 13.6 Å². The number of aldehydes is 1. The van der Waals surface area contributed by atoms with Crippen LogP contribution in [0.15, 0.2) is 18.3 Å². The van der Waals surface area contributed by atoms with Crippen molar-refractivity contribution in [3.63, 3.8) is 0 Å². The molecule has 6 nitrogen and oxygen atoms in total. The molecule has 0 bridgehead atoms. The zero-order chi connectivity index (χ0) is 18.7. The first-order chi connectivity index (χ1) is 12.5. The Balaban J connectivity index is 1.91. The quantitative estimate of drug-likeness (QED) is 0.708. The van der Waals surface area contributed by atoms with Gasteiger partial charge in [0.2, 0.25) is 0 Å². The van der Waals surface area contributed by atoms with Crippen molar-refractivity contribution in [3.05, 3.63) is 41.2 Å². The second kappa shape index (κ2) is 7.74. The molecule has 8 heteroatoms. The molecule has 26 heavy (non-hydrogen) atoms. The number of hydrogen-bond donors (Lipinski definition) is 3. The number of pyridine rings is 2. The molecule has 138 valence electrons. The van der Waals surface area contributed by atoms with Gasteiger partial charge in [0.1, 0.15) is 5.82 Å². The van der Waals surface area contributed by atoms with Crippen LogP contribution in [0, 0.1) is 18.6 Å². The minimum Gasteiger partial charge on any atom is -0.363 e. The van der Waals surface area contributed by atoms with E-state index < -0.39 is 11.6 Å². The second-order valence-corrected chi connectivity index (χ2v) is 6.46. The van der Waals surface area contributed by atoms with E-state index in [-0.39, 0.29) is 40.7 Å². The highest BCUT2D eigenvalue weighted by molar-refractivity contribution is 5.85. The maximum absolute atomic E-state index is 14.3. The first-order valence-electron chi connectivity index (χ1n) is 8.55. The van der Waals surface area contributed by atoms with Crippen molar-refractivity contribution in [2.45, 2.75) is 44.7 Å². The van der Waals surface area contributed by atoms with Gasteiger partial charge in [-0.25, -0.2) is 13.8 Å². The first kappa shape index (κ1) is 18.2. The van der Waals surface area contributed by atoms with Crippen LogP contribution in [0.3, 0.4) is 0 Å². The normalized spacial score (nSPS) is 19.8. The van der Waals surface area contributed by atoms with Crippen molar-refractivity contribution >= 4 is 23.6 Å². The molecule has 0 spiro atoms. The van der Waals surface area contributed by atoms with E-state index in [4.69, 9.17) is 5.73 Å². The SMILES string of the molecule is Cc1nccc(Nc2nc(NC3CCCCC3N)c(F)cc2C=O)c1F. The molecule has 2 aromatic rings. The average molecular weight is 361 g/mol. The zero-order valence-electron chi connectivity index (χ0n) is 14.4. The molecule has 1 saturated carbocycles. The van der Waals surface area contributed by atoms with Gasteiger partial charge in [0.25, 0.3) is 0 Å². The predicted octanol–water partition coefficient (Wildman–Crippen LogP) is 3.30. The number of carbonyl (C=O) groups excluding carboxylic acids is 1. The minimum atomic E-state index is -0.651. The summed E-state index contributed by atoms with van der Waals surface area (Å²) in [5.74, 6) is -1.15. The van der Waals surface area contributed by atoms with Crippen molar-refractivity contribution in [1.82, 2.24) is 9.97 Å². The van der Waals surface area contributed by atoms with Gasteiger partial charge in [-0.05, 0) is 31.9 Å². The number of nitrogens with one attached hydrogen (secondary N) is 2. The van der Waals surface area contributed by atoms with E-state index in [1.165, 1.54) is 19.2 Å². The molecule has 2 aromatic heterocycles. The maximum atomic E-state index is 14.3. The molecular weight excluding hydrogens is 340 g/mol. The fourth-order valence-corrected chi connectivity index (χ4v) is 3.08. The molecular formula is C18H21F2N5O. The van der Waals surface area contributed by atoms with Gasteiger partial charge in [-0.2, -0.15) is 0 Å². The molecule has 0 saturated heterocycles. The van der Waals surface area contributed by atoms with E-state index in [0.29, 0.717) is 6.29 Å². The molecule has 0 radical (unpaired) electrons. The Bertz CT molecular complexity index is 814. The highest BCUT2D eigenvalue weighted by Crippen LogP contribution is 2.27. The molecule has 1 aliphatic carbocycles. The van der Waals surface area contributed by atoms with E-state index in [0.717, 1.165) is 31.7 Å². The van der Waals surface area contributed by atoms with E-state index in [2.05, 4.69) is 20.6 Å². The summed E-state index contributed by atoms with van der Waals surface area (Å²) in [4.78, 5) is 19.3. The summed E-state index contributed by atoms with van der Waals surface area (Å²) in [5.41, 5.74) is 6.40. The van der Waals surface area contributed by atoms with Gasteiger partial charge >= 0.3 is 0 Å². The number of halogens is 2. The lowest BCUT2D eigenvalue weighted by molar-refractivity contribution is 0.112. The fraction of sp³-hybridized carbons (Fsp3) is 0.389. The van der Waals surface area contributed by atoms with Crippen LogP contribution < -0.4 is 16.4 Å². The third kappa shape index (κ3) is 3.80. The number of nitrogens with zero attached hydrogens (tertiary/aromatic N) is 2. The molecule has 2 atom stereocenters. The topological polar surface area (TPSA) is 92.9 Å². The van der Waals surface area contributed by atoms with Crippen molar-refractivity contribution in [2.75, 3.05) is 10.6 Å². The number of carbonyl (C=O) groups is 1. The predicted molar refractivity (Wildman–Crippen MR) is 95.7 cm³/mol. The van der Waals surface area contributed by atoms with Gasteiger partial charge in [0.15, 0.2) is 23.7 Å². The largest absolute Gasteiger partial charge is 0.363 e. The maximum Gasteiger partial charge on any atom is 0.167 e. The summed E-state index contributed by atoms with van der Waals surface area (Å²) in [6.07, 6.45) is 5.64. The monoisotopic (exact) mass is 361 g/mol. The van der Waals surface area contributed by atoms with Crippen LogP contribution >= 0.6 is 0 Å². The van der Waals surface area contributed by atoms with Gasteiger partial charge in [-0.1, -0.05) is 12.8 Å². The molecule has 4 N–H and O–H groups in total. The number of aromatic nitrogens is 2. The zero-order valence-corrected chi connectivity index (χ0v) is 14.4. The molecule has 2 unspecified atom stereocenters. The highest BCUT2D eigenvalue weighted by atomic mass is 19.1. The summed E-state index contributed by atoms with van der Waals surface area (Å²) in [5, 5.41) is 5.78. The molecule has 2 heterocycles. The van der Waals surface area contributed by atoms with Crippen molar-refractivity contribution in [3.8, 4) is 0 Å². The summed E-state index contributed by atoms with van der Waals surface area (Å²) >= 11 is 0. The summed E-state index contributed by atoms with van der Waals surface area (Å²) < 4.78 is 28.5. The molecule has 0 aromatic carbocycles. The number of nitrogens with two attached hydrogens (primary N) is 1. The number of anilines is 3. The van der Waals surface area contributed by atoms with Crippen LogP contribution in [0.25, 0.3) is 0 Å². The standard InChI is InChI=1S/C18H21F2N5O/c1-10-16(20)15(6-7-22-10)24-17-11(9-26)8-12(19)18(25-17)23-14-5-3-2-4-13(14)21/h6-9,13-14H,2-5,21H2,1H3,(H2,22,23,24,25). The van der Waals surface area contributed by atoms with Crippen LogP contribution in [0.1, 0.15) is 41.7 Å². The van der Waals surface area contributed by atoms with Crippen LogP contribution in [-0.4, -0.2) is 28.3 Å². The molecule has 1 aliphatic rings. The summed E-state index contributed by atoms with van der Waals surface area (Å²) in [6.45, 7) is 1.52. The average Bonchev–Trinajstić information content (AvgIpc) is 2.63. The van der Waals surface area contributed by atoms with Crippen LogP contribution in [0.2, 0.25) is 0 Å². The minimum absolute atomic E-state index is 0.00476. The van der Waals surface area contributed by atoms with E-state index in [9.17, 15) is 13.6 Å². The fourth-order valence-electron chi connectivity index (χ4n) is 3.08. The Labute approximate surface area is 150 Å². The Morgan fingerprint density at radius 3 is 2.77 bits per heavy atom. The summed E-state index contributed by atoms with van der Waals surface area (Å²) in [6, 6.07) is 2.31. The third-order valence-electron chi connectivity index (χ3n) is 4.59. The third-order valence-corrected chi connectivity index (χ3v) is 4.59. The van der Waals surface area contributed by atoms with Gasteiger partial charge in [-0.3, -0.25) is 9.78 Å². The summed E-state index contributed by atoms with van der Waals surface area (Å²) in [7, 11) is 0. The van der Waals surface area contributed by atoms with Gasteiger partial charge in [0.05, 0.1) is 16.9 Å². The van der Waals surface area contributed by atoms with Crippen LogP contribution in [-0.2, 0) is 0 Å². The van der Waals surface area contributed by atoms with Gasteiger partial charge < -0.3 is 16.4 Å². The molecule has 0 amide bonds. The molecule has 3 rings (SSSR count). The Hall–Kier alpha value is -2.61. The van der Waals surface area contributed by atoms with Crippen LogP contribution in [0.4, 0.5) is 26.1 Å². The van der Waals surface area contributed by atoms with Crippen LogP contribution in [0.5, 0.6) is 0 Å². The number of hydrogen-bond acceptors (Lipinski definition) is 6. The number of aryl methyl sites for hydroxylation is 1. The Morgan fingerprint density at radius 2 is 2.04 bits per heavy atom. The lowest BCUT2D eigenvalue weighted by Gasteiger charge is -2.30. The van der Waals surface area contributed by atoms with Crippen molar-refractivity contribution in [2.24, 2.45) is 5.73 Å². The lowest BCUT2D eigenvalue weighted by atomic mass is 9.91. The Kier molecular flexibility index (Phi) is 5.41. The Morgan fingerprint density at radius 1 is 1.27 bits per heavy atom. The number of rotatable bonds is 5.